The predicted octanol–water partition coefficient (Wildman–Crippen LogP) is 5.36. The van der Waals surface area contributed by atoms with E-state index in [-0.39, 0.29) is 6.04 Å². The van der Waals surface area contributed by atoms with Gasteiger partial charge in [-0.05, 0) is 18.9 Å². The van der Waals surface area contributed by atoms with Gasteiger partial charge < -0.3 is 5.32 Å². The molecule has 2 heterocycles. The number of aromatic nitrogens is 4. The van der Waals surface area contributed by atoms with E-state index < -0.39 is 0 Å². The van der Waals surface area contributed by atoms with Gasteiger partial charge in [-0.1, -0.05) is 69.4 Å². The van der Waals surface area contributed by atoms with Crippen LogP contribution in [0.1, 0.15) is 64.0 Å². The van der Waals surface area contributed by atoms with Gasteiger partial charge in [0.25, 0.3) is 0 Å². The highest BCUT2D eigenvalue weighted by atomic mass is 15.3. The van der Waals surface area contributed by atoms with Crippen LogP contribution in [0, 0.1) is 0 Å². The van der Waals surface area contributed by atoms with Crippen LogP contribution >= 0.6 is 0 Å². The summed E-state index contributed by atoms with van der Waals surface area (Å²) >= 11 is 0. The molecule has 0 fully saturated rings. The lowest BCUT2D eigenvalue weighted by atomic mass is 10.1. The van der Waals surface area contributed by atoms with Crippen molar-refractivity contribution in [1.82, 2.24) is 19.7 Å². The summed E-state index contributed by atoms with van der Waals surface area (Å²) in [6, 6.07) is 10.6. The van der Waals surface area contributed by atoms with Crippen molar-refractivity contribution in [2.75, 3.05) is 5.32 Å². The van der Waals surface area contributed by atoms with Crippen LogP contribution in [-0.4, -0.2) is 19.7 Å². The van der Waals surface area contributed by atoms with E-state index in [1.54, 1.807) is 6.33 Å². The summed E-state index contributed by atoms with van der Waals surface area (Å²) in [5.74, 6) is 0.848. The van der Waals surface area contributed by atoms with Crippen LogP contribution in [0.5, 0.6) is 0 Å². The highest BCUT2D eigenvalue weighted by Gasteiger charge is 2.11. The van der Waals surface area contributed by atoms with Gasteiger partial charge in [0.1, 0.15) is 12.1 Å². The normalized spacial score (nSPS) is 12.4. The maximum Gasteiger partial charge on any atom is 0.186 e. The number of nitrogens with zero attached hydrogens (tertiary/aromatic N) is 4. The van der Waals surface area contributed by atoms with E-state index in [9.17, 15) is 0 Å². The third-order valence-electron chi connectivity index (χ3n) is 4.76. The molecule has 26 heavy (non-hydrogen) atoms. The zero-order valence-electron chi connectivity index (χ0n) is 15.9. The van der Waals surface area contributed by atoms with Gasteiger partial charge in [0, 0.05) is 18.8 Å². The molecule has 0 aliphatic rings. The minimum atomic E-state index is 0.177. The summed E-state index contributed by atoms with van der Waals surface area (Å²) in [6.45, 7) is 5.33. The molecule has 5 nitrogen and oxygen atoms in total. The van der Waals surface area contributed by atoms with Crippen molar-refractivity contribution in [3.05, 3.63) is 48.4 Å². The zero-order valence-corrected chi connectivity index (χ0v) is 15.9. The van der Waals surface area contributed by atoms with Crippen molar-refractivity contribution < 1.29 is 0 Å². The molecule has 0 bridgehead atoms. The maximum absolute atomic E-state index is 4.61. The molecule has 0 aliphatic carbocycles. The Hall–Kier alpha value is -2.43. The van der Waals surface area contributed by atoms with Gasteiger partial charge >= 0.3 is 0 Å². The van der Waals surface area contributed by atoms with E-state index in [4.69, 9.17) is 0 Å². The molecule has 0 saturated heterocycles. The summed E-state index contributed by atoms with van der Waals surface area (Å²) in [7, 11) is 0. The Kier molecular flexibility index (Phi) is 6.58. The lowest BCUT2D eigenvalue weighted by Gasteiger charge is -2.14. The SMILES string of the molecule is CCCCCCCCn1cc2c(N[C@H](C)c3ccccc3)ncnc2n1. The van der Waals surface area contributed by atoms with Gasteiger partial charge in [-0.2, -0.15) is 5.10 Å². The average Bonchev–Trinajstić information content (AvgIpc) is 3.09. The Morgan fingerprint density at radius 1 is 1.00 bits per heavy atom. The van der Waals surface area contributed by atoms with E-state index >= 15 is 0 Å². The van der Waals surface area contributed by atoms with Crippen LogP contribution in [-0.2, 0) is 6.54 Å². The van der Waals surface area contributed by atoms with Crippen molar-refractivity contribution in [3.63, 3.8) is 0 Å². The summed E-state index contributed by atoms with van der Waals surface area (Å²) in [5.41, 5.74) is 1.99. The Bertz CT molecular complexity index is 797. The van der Waals surface area contributed by atoms with Gasteiger partial charge in [-0.15, -0.1) is 0 Å². The molecule has 3 aromatic rings. The molecular weight excluding hydrogens is 322 g/mol. The Morgan fingerprint density at radius 3 is 2.58 bits per heavy atom. The van der Waals surface area contributed by atoms with Crippen molar-refractivity contribution >= 4 is 16.9 Å². The molecule has 0 unspecified atom stereocenters. The monoisotopic (exact) mass is 351 g/mol. The summed E-state index contributed by atoms with van der Waals surface area (Å²) in [4.78, 5) is 8.77. The highest BCUT2D eigenvalue weighted by molar-refractivity contribution is 5.85. The fraction of sp³-hybridized carbons (Fsp3) is 0.476. The van der Waals surface area contributed by atoms with E-state index in [0.717, 1.165) is 29.8 Å². The Labute approximate surface area is 155 Å². The fourth-order valence-corrected chi connectivity index (χ4v) is 3.20. The molecule has 1 aromatic carbocycles. The Morgan fingerprint density at radius 2 is 1.77 bits per heavy atom. The first-order chi connectivity index (χ1) is 12.8. The standard InChI is InChI=1S/C21H29N5/c1-3-4-5-6-7-11-14-26-15-19-20(22-16-23-21(19)25-26)24-17(2)18-12-9-8-10-13-18/h8-10,12-13,15-17H,3-7,11,14H2,1-2H3,(H,22,23,24,25)/t17-/m1/s1. The molecule has 2 aromatic heterocycles. The number of fused-ring (bicyclic) bond motifs is 1. The number of nitrogens with one attached hydrogen (secondary N) is 1. The van der Waals surface area contributed by atoms with Crippen LogP contribution < -0.4 is 5.32 Å². The Balaban J connectivity index is 1.63. The van der Waals surface area contributed by atoms with E-state index in [1.807, 2.05) is 10.7 Å². The number of rotatable bonds is 10. The average molecular weight is 351 g/mol. The van der Waals surface area contributed by atoms with Crippen LogP contribution in [0.4, 0.5) is 5.82 Å². The molecular formula is C21H29N5. The second-order valence-corrected chi connectivity index (χ2v) is 6.90. The van der Waals surface area contributed by atoms with Gasteiger partial charge in [0.15, 0.2) is 5.65 Å². The quantitative estimate of drug-likeness (QED) is 0.500. The number of hydrogen-bond donors (Lipinski definition) is 1. The van der Waals surface area contributed by atoms with E-state index in [0.29, 0.717) is 0 Å². The lowest BCUT2D eigenvalue weighted by Crippen LogP contribution is -2.08. The van der Waals surface area contributed by atoms with Gasteiger partial charge in [0.2, 0.25) is 0 Å². The number of benzene rings is 1. The minimum absolute atomic E-state index is 0.177. The van der Waals surface area contributed by atoms with Gasteiger partial charge in [-0.25, -0.2) is 9.97 Å². The lowest BCUT2D eigenvalue weighted by molar-refractivity contribution is 0.529. The summed E-state index contributed by atoms with van der Waals surface area (Å²) in [5, 5.41) is 9.10. The summed E-state index contributed by atoms with van der Waals surface area (Å²) < 4.78 is 2.01. The van der Waals surface area contributed by atoms with Crippen molar-refractivity contribution in [3.8, 4) is 0 Å². The second kappa shape index (κ2) is 9.32. The zero-order chi connectivity index (χ0) is 18.2. The van der Waals surface area contributed by atoms with E-state index in [2.05, 4.69) is 64.7 Å². The molecule has 5 heteroatoms. The first-order valence-corrected chi connectivity index (χ1v) is 9.77. The molecule has 0 aliphatic heterocycles. The van der Waals surface area contributed by atoms with Crippen LogP contribution in [0.25, 0.3) is 11.0 Å². The molecule has 0 amide bonds. The summed E-state index contributed by atoms with van der Waals surface area (Å²) in [6.07, 6.45) is 11.4. The van der Waals surface area contributed by atoms with Crippen molar-refractivity contribution in [2.45, 2.75) is 65.0 Å². The minimum Gasteiger partial charge on any atom is -0.363 e. The molecule has 138 valence electrons. The van der Waals surface area contributed by atoms with Crippen LogP contribution in [0.15, 0.2) is 42.9 Å². The molecule has 1 atom stereocenters. The number of hydrogen-bond acceptors (Lipinski definition) is 4. The fourth-order valence-electron chi connectivity index (χ4n) is 3.20. The van der Waals surface area contributed by atoms with Crippen molar-refractivity contribution in [2.24, 2.45) is 0 Å². The smallest absolute Gasteiger partial charge is 0.186 e. The van der Waals surface area contributed by atoms with Crippen LogP contribution in [0.3, 0.4) is 0 Å². The number of unbranched alkanes of at least 4 members (excludes halogenated alkanes) is 5. The molecule has 0 saturated carbocycles. The number of anilines is 1. The molecule has 0 radical (unpaired) electrons. The third-order valence-corrected chi connectivity index (χ3v) is 4.76. The number of aryl methyl sites for hydroxylation is 1. The van der Waals surface area contributed by atoms with Gasteiger partial charge in [0.05, 0.1) is 5.39 Å². The molecule has 1 N–H and O–H groups in total. The third kappa shape index (κ3) is 4.81. The first-order valence-electron chi connectivity index (χ1n) is 9.77. The van der Waals surface area contributed by atoms with Crippen molar-refractivity contribution in [1.29, 1.82) is 0 Å². The maximum atomic E-state index is 4.61. The van der Waals surface area contributed by atoms with Gasteiger partial charge in [-0.3, -0.25) is 4.68 Å². The highest BCUT2D eigenvalue weighted by Crippen LogP contribution is 2.23. The topological polar surface area (TPSA) is 55.6 Å². The first kappa shape index (κ1) is 18.4. The second-order valence-electron chi connectivity index (χ2n) is 6.90. The molecule has 3 rings (SSSR count). The molecule has 0 spiro atoms. The largest absolute Gasteiger partial charge is 0.363 e. The van der Waals surface area contributed by atoms with E-state index in [1.165, 1.54) is 37.7 Å². The van der Waals surface area contributed by atoms with Crippen LogP contribution in [0.2, 0.25) is 0 Å². The predicted molar refractivity (Wildman–Crippen MR) is 107 cm³/mol.